The molecule has 5 saturated carbocycles. The van der Waals surface area contributed by atoms with Crippen LogP contribution in [0.3, 0.4) is 0 Å². The number of alkyl halides is 1. The highest BCUT2D eigenvalue weighted by Crippen LogP contribution is 2.66. The number of rotatable bonds is 26. The second-order valence-electron chi connectivity index (χ2n) is 28.3. The molecule has 3 aliphatic heterocycles. The van der Waals surface area contributed by atoms with E-state index in [9.17, 15) is 28.7 Å². The van der Waals surface area contributed by atoms with Crippen LogP contribution in [-0.4, -0.2) is 112 Å². The van der Waals surface area contributed by atoms with Crippen molar-refractivity contribution in [2.45, 2.75) is 267 Å². The van der Waals surface area contributed by atoms with E-state index in [1.54, 1.807) is 16.3 Å². The zero-order valence-corrected chi connectivity index (χ0v) is 52.5. The number of benzene rings is 1. The third kappa shape index (κ3) is 12.8. The van der Waals surface area contributed by atoms with E-state index >= 15 is 4.39 Å². The average molecular weight is 1190 g/mol. The van der Waals surface area contributed by atoms with Crippen molar-refractivity contribution < 1.29 is 42.5 Å². The molecule has 0 amide bonds. The highest BCUT2D eigenvalue weighted by molar-refractivity contribution is 8.00. The Balaban J connectivity index is 0.702. The van der Waals surface area contributed by atoms with Crippen LogP contribution >= 0.6 is 23.4 Å². The molecule has 3 N–H and O–H groups in total. The summed E-state index contributed by atoms with van der Waals surface area (Å²) < 4.78 is 52.0. The normalized spacial score (nSPS) is 35.4. The predicted molar refractivity (Wildman–Crippen MR) is 327 cm³/mol. The van der Waals surface area contributed by atoms with E-state index in [4.69, 9.17) is 31.5 Å². The fraction of sp³-hybridized carbons (Fsp3) is 0.791. The fourth-order valence-corrected chi connectivity index (χ4v) is 18.9. The van der Waals surface area contributed by atoms with Gasteiger partial charge in [0.1, 0.15) is 35.9 Å². The molecular weight excluding hydrogens is 1090 g/mol. The number of aromatic nitrogens is 1. The molecule has 3 saturated heterocycles. The summed E-state index contributed by atoms with van der Waals surface area (Å²) in [5, 5.41) is 13.6. The Hall–Kier alpha value is -3.24. The first kappa shape index (κ1) is 62.8. The second-order valence-corrected chi connectivity index (χ2v) is 29.9. The number of unbranched alkanes of at least 4 members (excludes halogenated alkanes) is 10. The van der Waals surface area contributed by atoms with Gasteiger partial charge in [-0.15, -0.1) is 18.3 Å². The largest absolute Gasteiger partial charge is 0.461 e. The maximum Gasteiger partial charge on any atom is 0.343 e. The maximum absolute atomic E-state index is 16.1. The molecule has 83 heavy (non-hydrogen) atoms. The van der Waals surface area contributed by atoms with Gasteiger partial charge < -0.3 is 39.4 Å². The van der Waals surface area contributed by atoms with Gasteiger partial charge in [0.25, 0.3) is 0 Å². The van der Waals surface area contributed by atoms with Gasteiger partial charge >= 0.3 is 17.9 Å². The number of halogens is 3. The summed E-state index contributed by atoms with van der Waals surface area (Å²) in [6.07, 6.45) is 24.5. The lowest BCUT2D eigenvalue weighted by Gasteiger charge is -2.59. The molecule has 10 rings (SSSR count). The number of hydrogen-bond donors (Lipinski definition) is 2. The van der Waals surface area contributed by atoms with Gasteiger partial charge in [-0.3, -0.25) is 14.4 Å². The summed E-state index contributed by atoms with van der Waals surface area (Å²) >= 11 is 8.75. The lowest BCUT2D eigenvalue weighted by molar-refractivity contribution is -0.229. The van der Waals surface area contributed by atoms with Crippen LogP contribution in [0.1, 0.15) is 224 Å². The smallest absolute Gasteiger partial charge is 0.343 e. The minimum atomic E-state index is -1.18. The molecule has 8 aliphatic rings. The molecule has 12 nitrogen and oxygen atoms in total. The first-order valence-corrected chi connectivity index (χ1v) is 34.1. The van der Waals surface area contributed by atoms with Gasteiger partial charge in [0.2, 0.25) is 5.43 Å². The van der Waals surface area contributed by atoms with Crippen LogP contribution in [0, 0.1) is 45.7 Å². The van der Waals surface area contributed by atoms with Crippen LogP contribution in [0.4, 0.5) is 14.5 Å². The number of carbonyl (C=O) groups is 3. The summed E-state index contributed by atoms with van der Waals surface area (Å²) in [5.74, 6) is -1.47. The molecule has 0 radical (unpaired) electrons. The van der Waals surface area contributed by atoms with E-state index in [0.29, 0.717) is 74.2 Å². The van der Waals surface area contributed by atoms with Gasteiger partial charge in [-0.1, -0.05) is 117 Å². The Morgan fingerprint density at radius 3 is 2.20 bits per heavy atom. The van der Waals surface area contributed by atoms with Crippen LogP contribution in [0.2, 0.25) is 5.02 Å². The molecular formula is C67H99ClF2N4O8S. The van der Waals surface area contributed by atoms with Gasteiger partial charge in [-0.05, 0) is 121 Å². The van der Waals surface area contributed by atoms with E-state index in [1.165, 1.54) is 19.0 Å². The number of ether oxygens (including phenoxy) is 3. The summed E-state index contributed by atoms with van der Waals surface area (Å²) in [6, 6.07) is 1.60. The van der Waals surface area contributed by atoms with Crippen molar-refractivity contribution in [3.05, 3.63) is 51.5 Å². The molecule has 8 unspecified atom stereocenters. The monoisotopic (exact) mass is 1190 g/mol. The van der Waals surface area contributed by atoms with Crippen molar-refractivity contribution in [3.63, 3.8) is 0 Å². The van der Waals surface area contributed by atoms with Gasteiger partial charge in [-0.2, -0.15) is 0 Å². The summed E-state index contributed by atoms with van der Waals surface area (Å²) in [5.41, 5.74) is 3.59. The number of piperidine rings is 1. The Morgan fingerprint density at radius 1 is 0.928 bits per heavy atom. The first-order chi connectivity index (χ1) is 39.7. The van der Waals surface area contributed by atoms with E-state index in [1.807, 2.05) is 11.0 Å². The van der Waals surface area contributed by atoms with Crippen LogP contribution in [0.5, 0.6) is 0 Å². The van der Waals surface area contributed by atoms with Crippen molar-refractivity contribution in [2.24, 2.45) is 45.7 Å². The molecule has 2 aromatic rings. The maximum atomic E-state index is 16.1. The fourth-order valence-electron chi connectivity index (χ4n) is 17.4. The molecule has 462 valence electrons. The number of esters is 3. The zero-order valence-electron chi connectivity index (χ0n) is 50.9. The number of anilines is 1. The summed E-state index contributed by atoms with van der Waals surface area (Å²) in [7, 11) is 2.24. The van der Waals surface area contributed by atoms with Crippen molar-refractivity contribution >= 4 is 57.9 Å². The standard InChI is InChI=1S/C67H99ClF2N4O8S/c1-8-10-11-18-23-46(80-63(78)49-37-74(52-35-50(52)69)58-48(60(49)77)34-51(70)59(57(58)68)73-38-53(71)66(40-73)29-30-66)24-19-16-14-12-13-15-17-20-25-55(75)82-62-42(4)67(79)28-21-22-43-31-41(3)65(6,61(43)67)54(36-64(62,5)9-2)81-56(76)39-83-47-32-44-26-27-45(33-47)72(44)7/h9,34,37,41-47,50,52-54,61-62,79H,2,8,10-33,35-36,38-40,71H2,1,3-7H3/t41?,42-,43?,44?,45?,46?,47?,50+,52?,53-,54+,61?,62-,64+,65-,67?/m1/s1. The second kappa shape index (κ2) is 25.8. The number of hydrogen-bond acceptors (Lipinski definition) is 12. The van der Waals surface area contributed by atoms with Crippen LogP contribution in [-0.2, 0) is 23.8 Å². The minimum absolute atomic E-state index is 0.0335. The topological polar surface area (TPSA) is 154 Å². The van der Waals surface area contributed by atoms with Crippen LogP contribution in [0.25, 0.3) is 10.9 Å². The number of pyridine rings is 1. The predicted octanol–water partition coefficient (Wildman–Crippen LogP) is 14.0. The van der Waals surface area contributed by atoms with Crippen molar-refractivity contribution in [3.8, 4) is 0 Å². The van der Waals surface area contributed by atoms with Crippen molar-refractivity contribution in [2.75, 3.05) is 30.8 Å². The summed E-state index contributed by atoms with van der Waals surface area (Å²) in [4.78, 5) is 60.5. The number of nitrogens with zero attached hydrogens (tertiary/aromatic N) is 3. The number of thioether (sulfide) groups is 1. The third-order valence-corrected chi connectivity index (χ3v) is 24.5. The number of aliphatic hydroxyl groups is 1. The minimum Gasteiger partial charge on any atom is -0.461 e. The average Bonchev–Trinajstić information content (AvgIpc) is 2.32. The van der Waals surface area contributed by atoms with Crippen molar-refractivity contribution in [1.29, 1.82) is 0 Å². The quantitative estimate of drug-likeness (QED) is 0.0399. The number of fused-ring (bicyclic) bond motifs is 3. The third-order valence-electron chi connectivity index (χ3n) is 22.9. The highest BCUT2D eigenvalue weighted by atomic mass is 35.5. The van der Waals surface area contributed by atoms with E-state index in [0.717, 1.165) is 122 Å². The Bertz CT molecular complexity index is 2730. The van der Waals surface area contributed by atoms with Crippen molar-refractivity contribution in [1.82, 2.24) is 9.47 Å². The lowest BCUT2D eigenvalue weighted by Crippen LogP contribution is -2.64. The SMILES string of the molecule is C=C[C@@]1(C)C[C@H](OC(=O)CSC2CC3CCC(C2)N3C)[C@@]2(C)C(C)CC3CCCC(O)(C32)[C@H](C)[C@H]1OC(=O)CCCCCCCCCCC(CCCCCC)OC(=O)c1cn(C2C[C@@H]2F)c2c(Cl)c(N3C[C@@H](N)C4(CC4)C3)c(F)cc2c1=O. The molecule has 5 aliphatic carbocycles. The Kier molecular flexibility index (Phi) is 19.6. The van der Waals surface area contributed by atoms with Gasteiger partial charge in [0, 0.05) is 83.6 Å². The molecule has 1 aromatic heterocycles. The Morgan fingerprint density at radius 2 is 1.58 bits per heavy atom. The molecule has 1 spiro atoms. The van der Waals surface area contributed by atoms with Gasteiger partial charge in [-0.25, -0.2) is 13.6 Å². The molecule has 15 atom stereocenters. The first-order valence-electron chi connectivity index (χ1n) is 32.7. The zero-order chi connectivity index (χ0) is 59.2. The van der Waals surface area contributed by atoms with E-state index in [-0.39, 0.29) is 81.2 Å². The molecule has 8 fully saturated rings. The van der Waals surface area contributed by atoms with Crippen LogP contribution < -0.4 is 16.1 Å². The van der Waals surface area contributed by atoms with Gasteiger partial charge in [0.05, 0.1) is 39.0 Å². The Labute approximate surface area is 502 Å². The highest BCUT2D eigenvalue weighted by Gasteiger charge is 2.68. The molecule has 1 aromatic carbocycles. The van der Waals surface area contributed by atoms with Gasteiger partial charge in [0.15, 0.2) is 0 Å². The summed E-state index contributed by atoms with van der Waals surface area (Å²) in [6.45, 7) is 16.2. The number of carbonyl (C=O) groups excluding carboxylic acids is 3. The van der Waals surface area contributed by atoms with E-state index < -0.39 is 64.2 Å². The molecule has 2 bridgehead atoms. The lowest BCUT2D eigenvalue weighted by atomic mass is 9.50. The van der Waals surface area contributed by atoms with Crippen LogP contribution in [0.15, 0.2) is 29.7 Å². The molecule has 16 heteroatoms. The number of nitrogens with two attached hydrogens (primary N) is 1. The van der Waals surface area contributed by atoms with E-state index in [2.05, 4.69) is 53.1 Å². The molecule has 4 heterocycles.